The first-order chi connectivity index (χ1) is 4.66. The molecule has 2 nitrogen and oxygen atoms in total. The molecule has 0 aromatic heterocycles. The molecule has 0 heterocycles. The summed E-state index contributed by atoms with van der Waals surface area (Å²) >= 11 is 1.75. The first kappa shape index (κ1) is 10.3. The molecule has 0 amide bonds. The van der Waals surface area contributed by atoms with Gasteiger partial charge in [0.05, 0.1) is 12.7 Å². The van der Waals surface area contributed by atoms with Crippen LogP contribution in [0.3, 0.4) is 0 Å². The van der Waals surface area contributed by atoms with Gasteiger partial charge in [0.1, 0.15) is 0 Å². The molecule has 3 heteroatoms. The average Bonchev–Trinajstić information content (AvgIpc) is 1.85. The van der Waals surface area contributed by atoms with Gasteiger partial charge >= 0.3 is 0 Å². The SMILES string of the molecule is COCC(O)CSC(C)C. The molecular formula is C7H16O2S. The molecule has 0 saturated carbocycles. The fourth-order valence-corrected chi connectivity index (χ4v) is 1.25. The van der Waals surface area contributed by atoms with E-state index in [1.807, 2.05) is 0 Å². The maximum absolute atomic E-state index is 9.15. The van der Waals surface area contributed by atoms with Gasteiger partial charge in [-0.1, -0.05) is 13.8 Å². The minimum absolute atomic E-state index is 0.308. The minimum atomic E-state index is -0.308. The van der Waals surface area contributed by atoms with Crippen molar-refractivity contribution in [3.8, 4) is 0 Å². The summed E-state index contributed by atoms with van der Waals surface area (Å²) < 4.78 is 4.77. The quantitative estimate of drug-likeness (QED) is 0.660. The van der Waals surface area contributed by atoms with Gasteiger partial charge in [-0.3, -0.25) is 0 Å². The summed E-state index contributed by atoms with van der Waals surface area (Å²) in [6.45, 7) is 4.67. The number of aliphatic hydroxyl groups is 1. The van der Waals surface area contributed by atoms with Gasteiger partial charge in [-0.15, -0.1) is 0 Å². The highest BCUT2D eigenvalue weighted by molar-refractivity contribution is 7.99. The minimum Gasteiger partial charge on any atom is -0.390 e. The molecule has 0 aliphatic carbocycles. The van der Waals surface area contributed by atoms with Crippen molar-refractivity contribution in [1.29, 1.82) is 0 Å². The smallest absolute Gasteiger partial charge is 0.0863 e. The second-order valence-corrected chi connectivity index (χ2v) is 4.10. The third kappa shape index (κ3) is 6.39. The summed E-state index contributed by atoms with van der Waals surface area (Å²) in [7, 11) is 1.60. The Hall–Kier alpha value is 0.270. The predicted octanol–water partition coefficient (Wildman–Crippen LogP) is 1.14. The zero-order chi connectivity index (χ0) is 7.98. The Morgan fingerprint density at radius 1 is 1.50 bits per heavy atom. The number of hydrogen-bond acceptors (Lipinski definition) is 3. The van der Waals surface area contributed by atoms with Crippen LogP contribution in [0.5, 0.6) is 0 Å². The predicted molar refractivity (Wildman–Crippen MR) is 45.5 cm³/mol. The molecule has 0 saturated heterocycles. The van der Waals surface area contributed by atoms with E-state index >= 15 is 0 Å². The van der Waals surface area contributed by atoms with Crippen molar-refractivity contribution in [3.05, 3.63) is 0 Å². The largest absolute Gasteiger partial charge is 0.390 e. The van der Waals surface area contributed by atoms with Gasteiger partial charge in [0.15, 0.2) is 0 Å². The van der Waals surface area contributed by atoms with Gasteiger partial charge in [-0.25, -0.2) is 0 Å². The molecule has 0 radical (unpaired) electrons. The fraction of sp³-hybridized carbons (Fsp3) is 1.00. The zero-order valence-electron chi connectivity index (χ0n) is 6.83. The second kappa shape index (κ2) is 6.01. The second-order valence-electron chi connectivity index (χ2n) is 2.49. The Bertz CT molecular complexity index is 76.0. The number of rotatable bonds is 5. The summed E-state index contributed by atoms with van der Waals surface area (Å²) in [5.74, 6) is 0.769. The van der Waals surface area contributed by atoms with Crippen LogP contribution in [0.1, 0.15) is 13.8 Å². The Morgan fingerprint density at radius 2 is 2.10 bits per heavy atom. The van der Waals surface area contributed by atoms with Crippen molar-refractivity contribution >= 4 is 11.8 Å². The molecule has 1 N–H and O–H groups in total. The summed E-state index contributed by atoms with van der Waals surface area (Å²) in [4.78, 5) is 0. The highest BCUT2D eigenvalue weighted by Gasteiger charge is 2.03. The first-order valence-corrected chi connectivity index (χ1v) is 4.50. The lowest BCUT2D eigenvalue weighted by atomic mass is 10.4. The van der Waals surface area contributed by atoms with Crippen molar-refractivity contribution in [2.24, 2.45) is 0 Å². The Kier molecular flexibility index (Phi) is 6.17. The molecule has 0 spiro atoms. The van der Waals surface area contributed by atoms with Gasteiger partial charge in [0, 0.05) is 12.9 Å². The molecule has 0 aromatic rings. The first-order valence-electron chi connectivity index (χ1n) is 3.45. The van der Waals surface area contributed by atoms with Crippen molar-refractivity contribution in [2.75, 3.05) is 19.5 Å². The summed E-state index contributed by atoms with van der Waals surface area (Å²) in [6, 6.07) is 0. The van der Waals surface area contributed by atoms with Crippen LogP contribution in [-0.2, 0) is 4.74 Å². The van der Waals surface area contributed by atoms with Crippen LogP contribution in [0.25, 0.3) is 0 Å². The number of ether oxygens (including phenoxy) is 1. The molecule has 0 aliphatic heterocycles. The molecule has 0 fully saturated rings. The number of methoxy groups -OCH3 is 1. The van der Waals surface area contributed by atoms with E-state index in [0.717, 1.165) is 5.75 Å². The van der Waals surface area contributed by atoms with Gasteiger partial charge in [0.25, 0.3) is 0 Å². The van der Waals surface area contributed by atoms with E-state index < -0.39 is 0 Å². The molecule has 0 bridgehead atoms. The van der Waals surface area contributed by atoms with Gasteiger partial charge < -0.3 is 9.84 Å². The molecule has 0 aliphatic rings. The summed E-state index contributed by atoms with van der Waals surface area (Å²) in [5, 5.41) is 9.74. The monoisotopic (exact) mass is 164 g/mol. The van der Waals surface area contributed by atoms with Crippen LogP contribution < -0.4 is 0 Å². The normalized spacial score (nSPS) is 14.1. The molecule has 1 unspecified atom stereocenters. The van der Waals surface area contributed by atoms with Crippen molar-refractivity contribution in [2.45, 2.75) is 25.2 Å². The molecule has 0 rings (SSSR count). The standard InChI is InChI=1S/C7H16O2S/c1-6(2)10-5-7(8)4-9-3/h6-8H,4-5H2,1-3H3. The summed E-state index contributed by atoms with van der Waals surface area (Å²) in [6.07, 6.45) is -0.308. The van der Waals surface area contributed by atoms with Crippen molar-refractivity contribution in [1.82, 2.24) is 0 Å². The molecule has 10 heavy (non-hydrogen) atoms. The van der Waals surface area contributed by atoms with E-state index in [0.29, 0.717) is 11.9 Å². The van der Waals surface area contributed by atoms with Crippen LogP contribution in [0.15, 0.2) is 0 Å². The van der Waals surface area contributed by atoms with Crippen LogP contribution >= 0.6 is 11.8 Å². The molecule has 62 valence electrons. The van der Waals surface area contributed by atoms with E-state index in [4.69, 9.17) is 9.84 Å². The third-order valence-corrected chi connectivity index (χ3v) is 2.22. The lowest BCUT2D eigenvalue weighted by Gasteiger charge is -2.09. The number of aliphatic hydroxyl groups excluding tert-OH is 1. The van der Waals surface area contributed by atoms with Crippen LogP contribution in [-0.4, -0.2) is 35.9 Å². The lowest BCUT2D eigenvalue weighted by Crippen LogP contribution is -2.17. The maximum Gasteiger partial charge on any atom is 0.0863 e. The lowest BCUT2D eigenvalue weighted by molar-refractivity contribution is 0.0793. The van der Waals surface area contributed by atoms with Gasteiger partial charge in [-0.05, 0) is 5.25 Å². The van der Waals surface area contributed by atoms with Gasteiger partial charge in [-0.2, -0.15) is 11.8 Å². The average molecular weight is 164 g/mol. The van der Waals surface area contributed by atoms with Crippen LogP contribution in [0, 0.1) is 0 Å². The van der Waals surface area contributed by atoms with Crippen molar-refractivity contribution < 1.29 is 9.84 Å². The molecular weight excluding hydrogens is 148 g/mol. The highest BCUT2D eigenvalue weighted by atomic mass is 32.2. The number of hydrogen-bond donors (Lipinski definition) is 1. The maximum atomic E-state index is 9.15. The van der Waals surface area contributed by atoms with E-state index in [9.17, 15) is 0 Å². The zero-order valence-corrected chi connectivity index (χ0v) is 7.65. The van der Waals surface area contributed by atoms with E-state index in [1.165, 1.54) is 0 Å². The Balaban J connectivity index is 3.12. The number of thioether (sulfide) groups is 1. The summed E-state index contributed by atoms with van der Waals surface area (Å²) in [5.41, 5.74) is 0. The molecule has 0 aromatic carbocycles. The topological polar surface area (TPSA) is 29.5 Å². The highest BCUT2D eigenvalue weighted by Crippen LogP contribution is 2.10. The van der Waals surface area contributed by atoms with E-state index in [2.05, 4.69) is 13.8 Å². The van der Waals surface area contributed by atoms with Crippen LogP contribution in [0.2, 0.25) is 0 Å². The Labute approximate surface area is 67.0 Å². The molecule has 1 atom stereocenters. The Morgan fingerprint density at radius 3 is 2.50 bits per heavy atom. The van der Waals surface area contributed by atoms with E-state index in [-0.39, 0.29) is 6.10 Å². The van der Waals surface area contributed by atoms with Crippen molar-refractivity contribution in [3.63, 3.8) is 0 Å². The third-order valence-electron chi connectivity index (χ3n) is 0.981. The van der Waals surface area contributed by atoms with Gasteiger partial charge in [0.2, 0.25) is 0 Å². The van der Waals surface area contributed by atoms with E-state index in [1.54, 1.807) is 18.9 Å². The van der Waals surface area contributed by atoms with Crippen LogP contribution in [0.4, 0.5) is 0 Å². The fourth-order valence-electron chi connectivity index (χ4n) is 0.544.